The van der Waals surface area contributed by atoms with Crippen molar-refractivity contribution in [1.82, 2.24) is 0 Å². The lowest BCUT2D eigenvalue weighted by Gasteiger charge is -2.13. The van der Waals surface area contributed by atoms with E-state index in [9.17, 15) is 4.79 Å². The number of ether oxygens (including phenoxy) is 1. The zero-order chi connectivity index (χ0) is 15.0. The zero-order valence-electron chi connectivity index (χ0n) is 13.1. The van der Waals surface area contributed by atoms with Gasteiger partial charge in [-0.3, -0.25) is 4.79 Å². The summed E-state index contributed by atoms with van der Waals surface area (Å²) in [6.45, 7) is 9.14. The maximum atomic E-state index is 12.4. The molecule has 1 rings (SSSR count). The molecule has 0 spiro atoms. The molecule has 0 aromatic heterocycles. The average molecular weight is 294 g/mol. The lowest BCUT2D eigenvalue weighted by atomic mass is 9.99. The van der Waals surface area contributed by atoms with Crippen LogP contribution in [0.3, 0.4) is 0 Å². The lowest BCUT2D eigenvalue weighted by molar-refractivity contribution is 0.101. The van der Waals surface area contributed by atoms with Crippen LogP contribution in [0.1, 0.15) is 62.4 Å². The van der Waals surface area contributed by atoms with Crippen molar-refractivity contribution in [1.29, 1.82) is 0 Å². The van der Waals surface area contributed by atoms with Gasteiger partial charge in [0.15, 0.2) is 5.78 Å². The molecule has 0 bridgehead atoms. The molecule has 0 unspecified atom stereocenters. The number of carbonyl (C=O) groups excluding carboxylic acids is 1. The predicted molar refractivity (Wildman–Crippen MR) is 88.3 cm³/mol. The fraction of sp³-hybridized carbons (Fsp3) is 0.588. The number of hydrogen-bond donors (Lipinski definition) is 0. The van der Waals surface area contributed by atoms with Crippen molar-refractivity contribution in [2.24, 2.45) is 0 Å². The van der Waals surface area contributed by atoms with Crippen molar-refractivity contribution in [2.75, 3.05) is 18.1 Å². The van der Waals surface area contributed by atoms with Crippen molar-refractivity contribution in [3.05, 3.63) is 29.3 Å². The smallest absolute Gasteiger partial charge is 0.176 e. The molecular formula is C17H26O2S. The van der Waals surface area contributed by atoms with E-state index in [-0.39, 0.29) is 5.78 Å². The maximum Gasteiger partial charge on any atom is 0.176 e. The van der Waals surface area contributed by atoms with Gasteiger partial charge < -0.3 is 4.74 Å². The molecule has 1 aromatic carbocycles. The second-order valence-corrected chi connectivity index (χ2v) is 6.34. The van der Waals surface area contributed by atoms with Crippen LogP contribution in [-0.4, -0.2) is 23.9 Å². The Morgan fingerprint density at radius 1 is 1.25 bits per heavy atom. The topological polar surface area (TPSA) is 26.3 Å². The summed E-state index contributed by atoms with van der Waals surface area (Å²) in [7, 11) is 0. The Bertz CT molecular complexity index is 427. The van der Waals surface area contributed by atoms with Gasteiger partial charge in [0.1, 0.15) is 5.75 Å². The highest BCUT2D eigenvalue weighted by Crippen LogP contribution is 2.26. The summed E-state index contributed by atoms with van der Waals surface area (Å²) < 4.78 is 5.72. The monoisotopic (exact) mass is 294 g/mol. The number of Topliss-reactive ketones (excluding diaryl/α,β-unsaturated/α-hetero) is 1. The first-order valence-corrected chi connectivity index (χ1v) is 8.63. The summed E-state index contributed by atoms with van der Waals surface area (Å²) in [5, 5.41) is 0. The van der Waals surface area contributed by atoms with Crippen molar-refractivity contribution >= 4 is 17.5 Å². The normalized spacial score (nSPS) is 10.8. The van der Waals surface area contributed by atoms with Gasteiger partial charge in [-0.25, -0.2) is 0 Å². The molecule has 20 heavy (non-hydrogen) atoms. The Balaban J connectivity index is 2.91. The fourth-order valence-electron chi connectivity index (χ4n) is 1.85. The van der Waals surface area contributed by atoms with E-state index in [0.717, 1.165) is 29.9 Å². The minimum Gasteiger partial charge on any atom is -0.493 e. The first kappa shape index (κ1) is 17.1. The molecule has 1 aromatic rings. The van der Waals surface area contributed by atoms with Gasteiger partial charge in [0.05, 0.1) is 17.9 Å². The lowest BCUT2D eigenvalue weighted by Crippen LogP contribution is -2.08. The number of thioether (sulfide) groups is 1. The summed E-state index contributed by atoms with van der Waals surface area (Å²) >= 11 is 1.70. The van der Waals surface area contributed by atoms with Crippen molar-refractivity contribution in [2.45, 2.75) is 46.5 Å². The van der Waals surface area contributed by atoms with Crippen molar-refractivity contribution in [3.8, 4) is 5.75 Å². The Morgan fingerprint density at radius 2 is 2.00 bits per heavy atom. The number of carbonyl (C=O) groups is 1. The minimum absolute atomic E-state index is 0.178. The Morgan fingerprint density at radius 3 is 2.60 bits per heavy atom. The summed E-state index contributed by atoms with van der Waals surface area (Å²) in [5.41, 5.74) is 1.94. The zero-order valence-corrected chi connectivity index (χ0v) is 13.9. The molecule has 2 nitrogen and oxygen atoms in total. The number of rotatable bonds is 9. The van der Waals surface area contributed by atoms with Crippen molar-refractivity contribution in [3.63, 3.8) is 0 Å². The van der Waals surface area contributed by atoms with Gasteiger partial charge in [-0.2, -0.15) is 11.8 Å². The molecule has 0 heterocycles. The molecule has 0 saturated heterocycles. The molecule has 0 saturated carbocycles. The van der Waals surface area contributed by atoms with Crippen LogP contribution in [0.25, 0.3) is 0 Å². The molecule has 0 fully saturated rings. The fourth-order valence-corrected chi connectivity index (χ4v) is 2.62. The summed E-state index contributed by atoms with van der Waals surface area (Å²) in [6, 6.07) is 6.01. The standard InChI is InChI=1S/C17H26O2S/c1-5-9-19-17-8-7-14(13(3)4)11-15(17)16(18)12-20-10-6-2/h7-8,11,13H,5-6,9-10,12H2,1-4H3. The second-order valence-electron chi connectivity index (χ2n) is 5.23. The third kappa shape index (κ3) is 5.20. The van der Waals surface area contributed by atoms with Crippen LogP contribution in [0.4, 0.5) is 0 Å². The van der Waals surface area contributed by atoms with Crippen LogP contribution in [0.15, 0.2) is 18.2 Å². The average Bonchev–Trinajstić information content (AvgIpc) is 2.44. The van der Waals surface area contributed by atoms with Gasteiger partial charge in [-0.1, -0.05) is 33.8 Å². The van der Waals surface area contributed by atoms with E-state index in [2.05, 4.69) is 33.8 Å². The molecule has 0 aliphatic heterocycles. The second kappa shape index (κ2) is 9.06. The van der Waals surface area contributed by atoms with Crippen LogP contribution >= 0.6 is 11.8 Å². The van der Waals surface area contributed by atoms with Gasteiger partial charge >= 0.3 is 0 Å². The first-order valence-electron chi connectivity index (χ1n) is 7.47. The van der Waals surface area contributed by atoms with Crippen molar-refractivity contribution < 1.29 is 9.53 Å². The van der Waals surface area contributed by atoms with Gasteiger partial charge in [-0.05, 0) is 42.2 Å². The highest BCUT2D eigenvalue weighted by Gasteiger charge is 2.14. The highest BCUT2D eigenvalue weighted by atomic mass is 32.2. The van der Waals surface area contributed by atoms with Crippen LogP contribution < -0.4 is 4.74 Å². The Labute approximate surface area is 127 Å². The maximum absolute atomic E-state index is 12.4. The molecule has 0 radical (unpaired) electrons. The molecule has 0 aliphatic rings. The minimum atomic E-state index is 0.178. The number of ketones is 1. The SMILES string of the molecule is CCCOc1ccc(C(C)C)cc1C(=O)CSCCC. The first-order chi connectivity index (χ1) is 9.60. The van der Waals surface area contributed by atoms with E-state index in [1.807, 2.05) is 12.1 Å². The van der Waals surface area contributed by atoms with E-state index >= 15 is 0 Å². The van der Waals surface area contributed by atoms with Crippen LogP contribution in [0.5, 0.6) is 5.75 Å². The summed E-state index contributed by atoms with van der Waals surface area (Å²) in [5.74, 6) is 2.90. The molecular weight excluding hydrogens is 268 g/mol. The van der Waals surface area contributed by atoms with Gasteiger partial charge in [0, 0.05) is 0 Å². The van der Waals surface area contributed by atoms with Crippen LogP contribution in [0, 0.1) is 0 Å². The van der Waals surface area contributed by atoms with E-state index in [1.54, 1.807) is 11.8 Å². The number of benzene rings is 1. The molecule has 112 valence electrons. The quantitative estimate of drug-likeness (QED) is 0.477. The Kier molecular flexibility index (Phi) is 7.75. The number of hydrogen-bond acceptors (Lipinski definition) is 3. The third-order valence-corrected chi connectivity index (χ3v) is 4.18. The van der Waals surface area contributed by atoms with Gasteiger partial charge in [0.2, 0.25) is 0 Å². The van der Waals surface area contributed by atoms with E-state index < -0.39 is 0 Å². The van der Waals surface area contributed by atoms with Gasteiger partial charge in [0.25, 0.3) is 0 Å². The van der Waals surface area contributed by atoms with E-state index in [0.29, 0.717) is 18.3 Å². The summed E-state index contributed by atoms with van der Waals surface area (Å²) in [6.07, 6.45) is 2.05. The molecule has 0 N–H and O–H groups in total. The third-order valence-electron chi connectivity index (χ3n) is 3.01. The Hall–Kier alpha value is -0.960. The largest absolute Gasteiger partial charge is 0.493 e. The van der Waals surface area contributed by atoms with Crippen LogP contribution in [-0.2, 0) is 0 Å². The molecule has 0 atom stereocenters. The van der Waals surface area contributed by atoms with Gasteiger partial charge in [-0.15, -0.1) is 0 Å². The van der Waals surface area contributed by atoms with E-state index in [4.69, 9.17) is 4.74 Å². The van der Waals surface area contributed by atoms with E-state index in [1.165, 1.54) is 5.56 Å². The highest BCUT2D eigenvalue weighted by molar-refractivity contribution is 7.99. The molecule has 3 heteroatoms. The predicted octanol–water partition coefficient (Wildman–Crippen LogP) is 4.92. The molecule has 0 amide bonds. The summed E-state index contributed by atoms with van der Waals surface area (Å²) in [4.78, 5) is 12.4. The molecule has 0 aliphatic carbocycles. The van der Waals surface area contributed by atoms with Crippen LogP contribution in [0.2, 0.25) is 0 Å².